The average Bonchev–Trinajstić information content (AvgIpc) is 2.43. The van der Waals surface area contributed by atoms with Crippen LogP contribution in [0.3, 0.4) is 0 Å². The molecular formula is C9H15NO3S2. The summed E-state index contributed by atoms with van der Waals surface area (Å²) in [5.41, 5.74) is 0. The molecule has 0 aliphatic carbocycles. The highest BCUT2D eigenvalue weighted by atomic mass is 32.2. The molecule has 2 N–H and O–H groups in total. The zero-order chi connectivity index (χ0) is 11.6. The van der Waals surface area contributed by atoms with Gasteiger partial charge in [0.25, 0.3) is 0 Å². The molecule has 1 atom stereocenters. The molecule has 1 rings (SSSR count). The Morgan fingerprint density at radius 1 is 1.53 bits per heavy atom. The van der Waals surface area contributed by atoms with Crippen LogP contribution in [0.5, 0.6) is 0 Å². The average molecular weight is 249 g/mol. The molecule has 6 heteroatoms. The number of aliphatic hydroxyl groups is 1. The summed E-state index contributed by atoms with van der Waals surface area (Å²) in [4.78, 5) is 2.04. The highest BCUT2D eigenvalue weighted by molar-refractivity contribution is 7.89. The SMILES string of the molecule is Cc1cc(S(=O)(=O)NCC(C)O)c(C)s1. The van der Waals surface area contributed by atoms with Crippen molar-refractivity contribution >= 4 is 21.4 Å². The van der Waals surface area contributed by atoms with E-state index in [2.05, 4.69) is 4.72 Å². The van der Waals surface area contributed by atoms with E-state index in [1.807, 2.05) is 6.92 Å². The van der Waals surface area contributed by atoms with Crippen LogP contribution < -0.4 is 4.72 Å². The zero-order valence-electron chi connectivity index (χ0n) is 8.94. The first-order chi connectivity index (χ1) is 6.83. The van der Waals surface area contributed by atoms with Gasteiger partial charge in [0, 0.05) is 16.3 Å². The van der Waals surface area contributed by atoms with Crippen LogP contribution in [0, 0.1) is 13.8 Å². The second-order valence-corrected chi connectivity index (χ2v) is 6.67. The number of thiophene rings is 1. The number of aliphatic hydroxyl groups excluding tert-OH is 1. The van der Waals surface area contributed by atoms with Gasteiger partial charge in [0.1, 0.15) is 0 Å². The first kappa shape index (κ1) is 12.6. The zero-order valence-corrected chi connectivity index (χ0v) is 10.6. The minimum absolute atomic E-state index is 0.0384. The number of rotatable bonds is 4. The largest absolute Gasteiger partial charge is 0.392 e. The van der Waals surface area contributed by atoms with E-state index in [1.54, 1.807) is 13.0 Å². The molecule has 0 saturated heterocycles. The first-order valence-corrected chi connectivity index (χ1v) is 6.87. The van der Waals surface area contributed by atoms with Gasteiger partial charge in [-0.1, -0.05) is 0 Å². The van der Waals surface area contributed by atoms with Gasteiger partial charge in [-0.2, -0.15) is 0 Å². The second kappa shape index (κ2) is 4.61. The standard InChI is InChI=1S/C9H15NO3S2/c1-6(11)5-10-15(12,13)9-4-7(2)14-8(9)3/h4,6,10-11H,5H2,1-3H3. The summed E-state index contributed by atoms with van der Waals surface area (Å²) in [6, 6.07) is 1.64. The molecule has 1 unspecified atom stereocenters. The number of hydrogen-bond acceptors (Lipinski definition) is 4. The van der Waals surface area contributed by atoms with Crippen molar-refractivity contribution in [3.8, 4) is 0 Å². The quantitative estimate of drug-likeness (QED) is 0.837. The first-order valence-electron chi connectivity index (χ1n) is 4.57. The molecule has 0 fully saturated rings. The minimum atomic E-state index is -3.46. The van der Waals surface area contributed by atoms with Crippen molar-refractivity contribution in [1.29, 1.82) is 0 Å². The summed E-state index contributed by atoms with van der Waals surface area (Å²) in [6.45, 7) is 5.21. The maximum atomic E-state index is 11.8. The molecule has 0 bridgehead atoms. The van der Waals surface area contributed by atoms with Crippen molar-refractivity contribution in [2.45, 2.75) is 31.8 Å². The molecule has 1 aromatic rings. The summed E-state index contributed by atoms with van der Waals surface area (Å²) in [7, 11) is -3.46. The van der Waals surface area contributed by atoms with Crippen LogP contribution >= 0.6 is 11.3 Å². The van der Waals surface area contributed by atoms with Crippen LogP contribution in [-0.4, -0.2) is 26.2 Å². The van der Waals surface area contributed by atoms with Crippen molar-refractivity contribution in [1.82, 2.24) is 4.72 Å². The van der Waals surface area contributed by atoms with Crippen molar-refractivity contribution in [3.63, 3.8) is 0 Å². The molecule has 1 heterocycles. The summed E-state index contributed by atoms with van der Waals surface area (Å²) in [6.07, 6.45) is -0.681. The van der Waals surface area contributed by atoms with Gasteiger partial charge in [0.2, 0.25) is 10.0 Å². The summed E-state index contributed by atoms with van der Waals surface area (Å²) in [5.74, 6) is 0. The summed E-state index contributed by atoms with van der Waals surface area (Å²) >= 11 is 1.45. The molecule has 0 aromatic carbocycles. The molecule has 0 aliphatic rings. The van der Waals surface area contributed by atoms with Crippen LogP contribution in [0.4, 0.5) is 0 Å². The highest BCUT2D eigenvalue weighted by Gasteiger charge is 2.18. The Kier molecular flexibility index (Phi) is 3.88. The molecular weight excluding hydrogens is 234 g/mol. The third-order valence-electron chi connectivity index (χ3n) is 1.85. The number of nitrogens with one attached hydrogen (secondary N) is 1. The van der Waals surface area contributed by atoms with E-state index < -0.39 is 16.1 Å². The number of aryl methyl sites for hydroxylation is 2. The Labute approximate surface area is 94.0 Å². The van der Waals surface area contributed by atoms with Gasteiger partial charge in [-0.25, -0.2) is 13.1 Å². The van der Waals surface area contributed by atoms with Gasteiger partial charge in [0.05, 0.1) is 11.0 Å². The van der Waals surface area contributed by atoms with Crippen LogP contribution in [0.15, 0.2) is 11.0 Å². The Morgan fingerprint density at radius 3 is 2.53 bits per heavy atom. The predicted molar refractivity (Wildman–Crippen MR) is 60.7 cm³/mol. The molecule has 4 nitrogen and oxygen atoms in total. The summed E-state index contributed by atoms with van der Waals surface area (Å²) in [5, 5.41) is 9.01. The third kappa shape index (κ3) is 3.27. The molecule has 0 aliphatic heterocycles. The van der Waals surface area contributed by atoms with Crippen molar-refractivity contribution in [2.75, 3.05) is 6.54 Å². The van der Waals surface area contributed by atoms with E-state index in [-0.39, 0.29) is 6.54 Å². The van der Waals surface area contributed by atoms with Gasteiger partial charge in [-0.15, -0.1) is 11.3 Å². The fourth-order valence-corrected chi connectivity index (χ4v) is 3.86. The molecule has 15 heavy (non-hydrogen) atoms. The molecule has 0 saturated carbocycles. The van der Waals surface area contributed by atoms with Crippen molar-refractivity contribution in [2.24, 2.45) is 0 Å². The van der Waals surface area contributed by atoms with Gasteiger partial charge in [0.15, 0.2) is 0 Å². The Morgan fingerprint density at radius 2 is 2.13 bits per heavy atom. The van der Waals surface area contributed by atoms with Crippen LogP contribution in [0.1, 0.15) is 16.7 Å². The van der Waals surface area contributed by atoms with Crippen LogP contribution in [0.25, 0.3) is 0 Å². The van der Waals surface area contributed by atoms with E-state index >= 15 is 0 Å². The smallest absolute Gasteiger partial charge is 0.241 e. The summed E-state index contributed by atoms with van der Waals surface area (Å²) < 4.78 is 25.9. The molecule has 0 radical (unpaired) electrons. The number of hydrogen-bond donors (Lipinski definition) is 2. The van der Waals surface area contributed by atoms with Gasteiger partial charge < -0.3 is 5.11 Å². The Bertz CT molecular complexity index is 434. The van der Waals surface area contributed by atoms with Crippen LogP contribution in [0.2, 0.25) is 0 Å². The maximum absolute atomic E-state index is 11.8. The van der Waals surface area contributed by atoms with Gasteiger partial charge in [-0.05, 0) is 26.8 Å². The topological polar surface area (TPSA) is 66.4 Å². The maximum Gasteiger partial charge on any atom is 0.241 e. The lowest BCUT2D eigenvalue weighted by Crippen LogP contribution is -2.30. The molecule has 0 amide bonds. The lowest BCUT2D eigenvalue weighted by Gasteiger charge is -2.07. The fraction of sp³-hybridized carbons (Fsp3) is 0.556. The third-order valence-corrected chi connectivity index (χ3v) is 4.50. The molecule has 0 spiro atoms. The lowest BCUT2D eigenvalue weighted by molar-refractivity contribution is 0.198. The van der Waals surface area contributed by atoms with E-state index in [9.17, 15) is 8.42 Å². The van der Waals surface area contributed by atoms with E-state index in [1.165, 1.54) is 18.3 Å². The molecule has 1 aromatic heterocycles. The fourth-order valence-electron chi connectivity index (χ4n) is 1.18. The highest BCUT2D eigenvalue weighted by Crippen LogP contribution is 2.24. The van der Waals surface area contributed by atoms with E-state index in [0.717, 1.165) is 9.75 Å². The van der Waals surface area contributed by atoms with Gasteiger partial charge >= 0.3 is 0 Å². The molecule has 86 valence electrons. The van der Waals surface area contributed by atoms with Crippen molar-refractivity contribution in [3.05, 3.63) is 15.8 Å². The number of sulfonamides is 1. The lowest BCUT2D eigenvalue weighted by atomic mass is 10.4. The predicted octanol–water partition coefficient (Wildman–Crippen LogP) is 1.02. The second-order valence-electron chi connectivity index (χ2n) is 3.48. The van der Waals surface area contributed by atoms with E-state index in [0.29, 0.717) is 4.90 Å². The Hall–Kier alpha value is -0.430. The van der Waals surface area contributed by atoms with E-state index in [4.69, 9.17) is 5.11 Å². The van der Waals surface area contributed by atoms with Crippen molar-refractivity contribution < 1.29 is 13.5 Å². The Balaban J connectivity index is 2.91. The van der Waals surface area contributed by atoms with Gasteiger partial charge in [-0.3, -0.25) is 0 Å². The van der Waals surface area contributed by atoms with Crippen LogP contribution in [-0.2, 0) is 10.0 Å². The monoisotopic (exact) mass is 249 g/mol. The normalized spacial score (nSPS) is 14.1. The minimum Gasteiger partial charge on any atom is -0.392 e.